The molecular formula is C17H17N3O3. The third-order valence-electron chi connectivity index (χ3n) is 3.94. The van der Waals surface area contributed by atoms with E-state index in [0.29, 0.717) is 36.4 Å². The van der Waals surface area contributed by atoms with Crippen molar-refractivity contribution in [2.24, 2.45) is 5.16 Å². The summed E-state index contributed by atoms with van der Waals surface area (Å²) in [5.41, 5.74) is 2.42. The predicted molar refractivity (Wildman–Crippen MR) is 85.9 cm³/mol. The van der Waals surface area contributed by atoms with Crippen LogP contribution < -0.4 is 10.9 Å². The van der Waals surface area contributed by atoms with Gasteiger partial charge in [-0.25, -0.2) is 0 Å². The van der Waals surface area contributed by atoms with Gasteiger partial charge in [0.25, 0.3) is 11.5 Å². The Morgan fingerprint density at radius 1 is 1.26 bits per heavy atom. The van der Waals surface area contributed by atoms with E-state index >= 15 is 0 Å². The number of hydrogen-bond acceptors (Lipinski definition) is 4. The smallest absolute Gasteiger partial charge is 0.261 e. The SMILES string of the molecule is O=C(NCc1ccccc1)c1cc2c([nH]c1=O)CCC/C2=N/O. The minimum absolute atomic E-state index is 0.0303. The molecule has 6 nitrogen and oxygen atoms in total. The van der Waals surface area contributed by atoms with Crippen LogP contribution in [-0.4, -0.2) is 21.8 Å². The molecule has 1 aliphatic rings. The molecule has 0 spiro atoms. The van der Waals surface area contributed by atoms with Gasteiger partial charge in [-0.2, -0.15) is 0 Å². The number of fused-ring (bicyclic) bond motifs is 1. The van der Waals surface area contributed by atoms with Crippen molar-refractivity contribution in [1.29, 1.82) is 0 Å². The summed E-state index contributed by atoms with van der Waals surface area (Å²) in [6.45, 7) is 0.344. The quantitative estimate of drug-likeness (QED) is 0.596. The topological polar surface area (TPSA) is 94.5 Å². The number of benzene rings is 1. The highest BCUT2D eigenvalue weighted by molar-refractivity contribution is 6.04. The summed E-state index contributed by atoms with van der Waals surface area (Å²) in [6, 6.07) is 11.0. The summed E-state index contributed by atoms with van der Waals surface area (Å²) in [5, 5.41) is 15.1. The second-order valence-corrected chi connectivity index (χ2v) is 5.47. The summed E-state index contributed by atoms with van der Waals surface area (Å²) >= 11 is 0. The molecule has 0 bridgehead atoms. The van der Waals surface area contributed by atoms with E-state index in [1.807, 2.05) is 30.3 Å². The molecule has 1 heterocycles. The first kappa shape index (κ1) is 15.0. The largest absolute Gasteiger partial charge is 0.411 e. The van der Waals surface area contributed by atoms with Crippen molar-refractivity contribution in [2.45, 2.75) is 25.8 Å². The van der Waals surface area contributed by atoms with E-state index in [9.17, 15) is 9.59 Å². The third-order valence-corrected chi connectivity index (χ3v) is 3.94. The van der Waals surface area contributed by atoms with E-state index in [-0.39, 0.29) is 5.56 Å². The molecule has 1 aromatic carbocycles. The standard InChI is InChI=1S/C17H17N3O3/c21-16(18-10-11-5-2-1-3-6-11)13-9-12-14(19-17(13)22)7-4-8-15(12)20-23/h1-3,5-6,9,23H,4,7-8,10H2,(H,18,21)(H,19,22)/b20-15-. The van der Waals surface area contributed by atoms with Crippen molar-refractivity contribution in [2.75, 3.05) is 0 Å². The van der Waals surface area contributed by atoms with Crippen molar-refractivity contribution >= 4 is 11.6 Å². The van der Waals surface area contributed by atoms with E-state index in [0.717, 1.165) is 12.0 Å². The summed E-state index contributed by atoms with van der Waals surface area (Å²) in [7, 11) is 0. The number of carbonyl (C=O) groups is 1. The maximum absolute atomic E-state index is 12.3. The lowest BCUT2D eigenvalue weighted by molar-refractivity contribution is 0.0949. The van der Waals surface area contributed by atoms with E-state index in [1.165, 1.54) is 6.07 Å². The molecule has 0 unspecified atom stereocenters. The fourth-order valence-electron chi connectivity index (χ4n) is 2.74. The molecule has 1 aliphatic carbocycles. The molecule has 6 heteroatoms. The Labute approximate surface area is 132 Å². The van der Waals surface area contributed by atoms with Crippen LogP contribution in [0, 0.1) is 0 Å². The predicted octanol–water partition coefficient (Wildman–Crippen LogP) is 1.82. The van der Waals surface area contributed by atoms with Crippen molar-refractivity contribution in [3.63, 3.8) is 0 Å². The van der Waals surface area contributed by atoms with Crippen LogP contribution in [0.25, 0.3) is 0 Å². The molecule has 0 saturated carbocycles. The Morgan fingerprint density at radius 2 is 2.04 bits per heavy atom. The van der Waals surface area contributed by atoms with Crippen LogP contribution in [0.4, 0.5) is 0 Å². The number of aromatic nitrogens is 1. The maximum Gasteiger partial charge on any atom is 0.261 e. The first-order chi connectivity index (χ1) is 11.2. The van der Waals surface area contributed by atoms with Crippen molar-refractivity contribution in [3.8, 4) is 0 Å². The number of hydrogen-bond donors (Lipinski definition) is 3. The fraction of sp³-hybridized carbons (Fsp3) is 0.235. The van der Waals surface area contributed by atoms with Gasteiger partial charge in [0, 0.05) is 17.8 Å². The Balaban J connectivity index is 1.85. The number of nitrogens with zero attached hydrogens (tertiary/aromatic N) is 1. The van der Waals surface area contributed by atoms with Gasteiger partial charge in [0.15, 0.2) is 0 Å². The number of aryl methyl sites for hydroxylation is 1. The molecule has 3 N–H and O–H groups in total. The van der Waals surface area contributed by atoms with Gasteiger partial charge in [-0.3, -0.25) is 9.59 Å². The molecule has 0 radical (unpaired) electrons. The molecule has 1 aromatic heterocycles. The zero-order valence-corrected chi connectivity index (χ0v) is 12.5. The molecular weight excluding hydrogens is 294 g/mol. The summed E-state index contributed by atoms with van der Waals surface area (Å²) < 4.78 is 0. The Hall–Kier alpha value is -2.89. The van der Waals surface area contributed by atoms with E-state index in [4.69, 9.17) is 5.21 Å². The Bertz CT molecular complexity index is 810. The van der Waals surface area contributed by atoms with Gasteiger partial charge < -0.3 is 15.5 Å². The van der Waals surface area contributed by atoms with Crippen LogP contribution in [0.1, 0.15) is 40.0 Å². The minimum Gasteiger partial charge on any atom is -0.411 e. The van der Waals surface area contributed by atoms with Crippen molar-refractivity contribution < 1.29 is 10.0 Å². The van der Waals surface area contributed by atoms with Crippen LogP contribution in [0.3, 0.4) is 0 Å². The van der Waals surface area contributed by atoms with Crippen LogP contribution in [0.15, 0.2) is 46.3 Å². The second kappa shape index (κ2) is 6.48. The first-order valence-corrected chi connectivity index (χ1v) is 7.48. The molecule has 0 atom stereocenters. The number of nitrogens with one attached hydrogen (secondary N) is 2. The van der Waals surface area contributed by atoms with Gasteiger partial charge in [-0.15, -0.1) is 0 Å². The van der Waals surface area contributed by atoms with Crippen LogP contribution in [0.5, 0.6) is 0 Å². The third kappa shape index (κ3) is 3.15. The van der Waals surface area contributed by atoms with Gasteiger partial charge in [-0.05, 0) is 30.9 Å². The van der Waals surface area contributed by atoms with E-state index < -0.39 is 11.5 Å². The van der Waals surface area contributed by atoms with Gasteiger partial charge in [0.1, 0.15) is 5.56 Å². The molecule has 1 amide bonds. The lowest BCUT2D eigenvalue weighted by Gasteiger charge is -2.17. The molecule has 23 heavy (non-hydrogen) atoms. The normalized spacial score (nSPS) is 15.2. The van der Waals surface area contributed by atoms with Crippen molar-refractivity contribution in [1.82, 2.24) is 10.3 Å². The second-order valence-electron chi connectivity index (χ2n) is 5.47. The number of aromatic amines is 1. The molecule has 2 aromatic rings. The lowest BCUT2D eigenvalue weighted by atomic mass is 9.93. The number of oxime groups is 1. The zero-order chi connectivity index (χ0) is 16.2. The molecule has 0 saturated heterocycles. The maximum atomic E-state index is 12.3. The number of H-pyrrole nitrogens is 1. The molecule has 3 rings (SSSR count). The molecule has 0 aliphatic heterocycles. The van der Waals surface area contributed by atoms with Gasteiger partial charge in [0.05, 0.1) is 5.71 Å². The highest BCUT2D eigenvalue weighted by atomic mass is 16.4. The van der Waals surface area contributed by atoms with Crippen molar-refractivity contribution in [3.05, 3.63) is 69.1 Å². The van der Waals surface area contributed by atoms with Crippen LogP contribution in [-0.2, 0) is 13.0 Å². The van der Waals surface area contributed by atoms with E-state index in [1.54, 1.807) is 0 Å². The van der Waals surface area contributed by atoms with Gasteiger partial charge in [0.2, 0.25) is 0 Å². The number of rotatable bonds is 3. The highest BCUT2D eigenvalue weighted by Gasteiger charge is 2.21. The van der Waals surface area contributed by atoms with Crippen LogP contribution in [0.2, 0.25) is 0 Å². The first-order valence-electron chi connectivity index (χ1n) is 7.48. The summed E-state index contributed by atoms with van der Waals surface area (Å²) in [6.07, 6.45) is 2.14. The average molecular weight is 311 g/mol. The summed E-state index contributed by atoms with van der Waals surface area (Å²) in [5.74, 6) is -0.444. The zero-order valence-electron chi connectivity index (χ0n) is 12.5. The summed E-state index contributed by atoms with van der Waals surface area (Å²) in [4.78, 5) is 27.1. The minimum atomic E-state index is -0.444. The lowest BCUT2D eigenvalue weighted by Crippen LogP contribution is -2.31. The van der Waals surface area contributed by atoms with E-state index in [2.05, 4.69) is 15.5 Å². The number of amides is 1. The average Bonchev–Trinajstić information content (AvgIpc) is 2.59. The van der Waals surface area contributed by atoms with Gasteiger partial charge in [-0.1, -0.05) is 35.5 Å². The molecule has 118 valence electrons. The Morgan fingerprint density at radius 3 is 2.78 bits per heavy atom. The number of carbonyl (C=O) groups excluding carboxylic acids is 1. The highest BCUT2D eigenvalue weighted by Crippen LogP contribution is 2.19. The molecule has 0 fully saturated rings. The van der Waals surface area contributed by atoms with Crippen LogP contribution >= 0.6 is 0 Å². The van der Waals surface area contributed by atoms with Gasteiger partial charge >= 0.3 is 0 Å². The monoisotopic (exact) mass is 311 g/mol. The fourth-order valence-corrected chi connectivity index (χ4v) is 2.74. The Kier molecular flexibility index (Phi) is 4.23. The number of pyridine rings is 1.